The first-order chi connectivity index (χ1) is 26.3. The number of hydrogen-bond donors (Lipinski definition) is 0. The van der Waals surface area contributed by atoms with Crippen molar-refractivity contribution < 1.29 is 85.2 Å². The Labute approximate surface area is 307 Å². The number of carbonyl (C=O) groups is 1. The lowest BCUT2D eigenvalue weighted by Crippen LogP contribution is -2.26. The highest BCUT2D eigenvalue weighted by Gasteiger charge is 2.43. The molecule has 0 amide bonds. The molecule has 5 nitrogen and oxygen atoms in total. The summed E-state index contributed by atoms with van der Waals surface area (Å²) in [7, 11) is 0. The highest BCUT2D eigenvalue weighted by atomic mass is 19.3. The van der Waals surface area contributed by atoms with Crippen LogP contribution in [0.4, 0.5) is 61.5 Å². The molecule has 0 bridgehead atoms. The standard InChI is InChI=1S/C19H13F7O3.C18H11F7O2/c20-12-3-10(16-2-1-9(7-27)8-28-16)4-13(21)17(12)19(25,26)29-11-5-14(22)18(24)15(23)6-11;19-11-5-9(15-3-1-2-4-26-15)6-12(20)16(11)18(24,25)27-10-7-13(21)17(23)14(22)8-10/h3-7,9,16H,1-2,8H2;2,4-8,15H,1,3H2. The lowest BCUT2D eigenvalue weighted by Gasteiger charge is -2.27. The Morgan fingerprint density at radius 3 is 1.30 bits per heavy atom. The van der Waals surface area contributed by atoms with Crippen LogP contribution in [-0.4, -0.2) is 12.9 Å². The molecule has 2 aliphatic heterocycles. The van der Waals surface area contributed by atoms with Crippen LogP contribution in [-0.2, 0) is 26.5 Å². The summed E-state index contributed by atoms with van der Waals surface area (Å²) in [6.45, 7) is 0.0279. The third-order valence-corrected chi connectivity index (χ3v) is 8.30. The topological polar surface area (TPSA) is 54.0 Å². The van der Waals surface area contributed by atoms with Gasteiger partial charge in [0, 0.05) is 30.2 Å². The van der Waals surface area contributed by atoms with Gasteiger partial charge in [-0.25, -0.2) is 43.9 Å². The van der Waals surface area contributed by atoms with Crippen molar-refractivity contribution in [2.24, 2.45) is 5.92 Å². The van der Waals surface area contributed by atoms with Crippen LogP contribution in [0.2, 0.25) is 0 Å². The van der Waals surface area contributed by atoms with Crippen molar-refractivity contribution in [1.82, 2.24) is 0 Å². The second-order valence-corrected chi connectivity index (χ2v) is 12.2. The third-order valence-electron chi connectivity index (χ3n) is 8.30. The quantitative estimate of drug-likeness (QED) is 0.0957. The fraction of sp³-hybridized carbons (Fsp3) is 0.270. The van der Waals surface area contributed by atoms with E-state index >= 15 is 0 Å². The van der Waals surface area contributed by atoms with Gasteiger partial charge >= 0.3 is 12.2 Å². The first-order valence-electron chi connectivity index (χ1n) is 16.1. The fourth-order valence-electron chi connectivity index (χ4n) is 5.62. The normalized spacial score (nSPS) is 18.4. The SMILES string of the molecule is Fc1cc(OC(F)(F)c2c(F)cc(C3CCC=CO3)cc2F)cc(F)c1F.O=CC1CCC(c2cc(F)c(C(F)(F)Oc3cc(F)c(F)c(F)c3)c(F)c2)OC1. The molecule has 0 saturated carbocycles. The van der Waals surface area contributed by atoms with Gasteiger partial charge in [-0.05, 0) is 67.2 Å². The van der Waals surface area contributed by atoms with E-state index in [1.807, 2.05) is 0 Å². The molecule has 1 fully saturated rings. The summed E-state index contributed by atoms with van der Waals surface area (Å²) in [6.07, 6.45) is -5.40. The molecule has 3 unspecified atom stereocenters. The van der Waals surface area contributed by atoms with Crippen LogP contribution in [0.25, 0.3) is 0 Å². The predicted octanol–water partition coefficient (Wildman–Crippen LogP) is 11.1. The first-order valence-corrected chi connectivity index (χ1v) is 16.1. The van der Waals surface area contributed by atoms with Gasteiger partial charge in [-0.3, -0.25) is 0 Å². The van der Waals surface area contributed by atoms with E-state index in [1.165, 1.54) is 6.26 Å². The molecular formula is C37H24F14O5. The Morgan fingerprint density at radius 1 is 0.554 bits per heavy atom. The van der Waals surface area contributed by atoms with Crippen LogP contribution < -0.4 is 9.47 Å². The molecule has 56 heavy (non-hydrogen) atoms. The summed E-state index contributed by atoms with van der Waals surface area (Å²) in [5, 5.41) is 0. The van der Waals surface area contributed by atoms with E-state index in [0.29, 0.717) is 49.8 Å². The highest BCUT2D eigenvalue weighted by Crippen LogP contribution is 2.40. The maximum Gasteiger partial charge on any atom is 0.432 e. The average Bonchev–Trinajstić information content (AvgIpc) is 3.12. The molecule has 0 radical (unpaired) electrons. The molecule has 0 aromatic heterocycles. The van der Waals surface area contributed by atoms with Gasteiger partial charge in [-0.15, -0.1) is 0 Å². The van der Waals surface area contributed by atoms with Crippen LogP contribution in [0.3, 0.4) is 0 Å². The Hall–Kier alpha value is -5.33. The summed E-state index contributed by atoms with van der Waals surface area (Å²) in [5.74, 6) is -20.3. The molecule has 1 saturated heterocycles. The van der Waals surface area contributed by atoms with Crippen LogP contribution in [0.1, 0.15) is 60.1 Å². The summed E-state index contributed by atoms with van der Waals surface area (Å²) in [5.41, 5.74) is -3.58. The summed E-state index contributed by atoms with van der Waals surface area (Å²) in [4.78, 5) is 10.7. The molecular weight excluding hydrogens is 790 g/mol. The average molecular weight is 815 g/mol. The van der Waals surface area contributed by atoms with Crippen molar-refractivity contribution in [3.63, 3.8) is 0 Å². The van der Waals surface area contributed by atoms with E-state index in [1.54, 1.807) is 6.08 Å². The zero-order valence-electron chi connectivity index (χ0n) is 28.0. The van der Waals surface area contributed by atoms with Crippen molar-refractivity contribution in [2.45, 2.75) is 50.1 Å². The minimum atomic E-state index is -4.65. The third kappa shape index (κ3) is 9.37. The van der Waals surface area contributed by atoms with Gasteiger partial charge in [-0.2, -0.15) is 17.6 Å². The van der Waals surface area contributed by atoms with Gasteiger partial charge in [0.1, 0.15) is 58.3 Å². The molecule has 3 atom stereocenters. The molecule has 6 rings (SSSR count). The zero-order chi connectivity index (χ0) is 41.1. The van der Waals surface area contributed by atoms with E-state index in [0.717, 1.165) is 0 Å². The van der Waals surface area contributed by atoms with Gasteiger partial charge in [0.05, 0.1) is 19.0 Å². The number of halogens is 14. The smallest absolute Gasteiger partial charge is 0.432 e. The minimum absolute atomic E-state index is 0.00720. The molecule has 19 heteroatoms. The number of benzene rings is 4. The Morgan fingerprint density at radius 2 is 0.964 bits per heavy atom. The number of ether oxygens (including phenoxy) is 4. The predicted molar refractivity (Wildman–Crippen MR) is 164 cm³/mol. The molecule has 300 valence electrons. The largest absolute Gasteiger partial charge is 0.494 e. The van der Waals surface area contributed by atoms with Crippen molar-refractivity contribution in [1.29, 1.82) is 0 Å². The summed E-state index contributed by atoms with van der Waals surface area (Å²) in [6, 6.07) is 3.13. The molecule has 2 heterocycles. The van der Waals surface area contributed by atoms with Crippen LogP contribution in [0.15, 0.2) is 60.9 Å². The molecule has 0 N–H and O–H groups in total. The van der Waals surface area contributed by atoms with E-state index in [-0.39, 0.29) is 54.3 Å². The molecule has 0 aliphatic carbocycles. The molecule has 2 aliphatic rings. The molecule has 4 aromatic carbocycles. The summed E-state index contributed by atoms with van der Waals surface area (Å²) >= 11 is 0. The maximum absolute atomic E-state index is 14.3. The van der Waals surface area contributed by atoms with Crippen molar-refractivity contribution >= 4 is 6.29 Å². The second kappa shape index (κ2) is 16.8. The van der Waals surface area contributed by atoms with Crippen molar-refractivity contribution in [3.05, 3.63) is 141 Å². The number of alkyl halides is 4. The van der Waals surface area contributed by atoms with Crippen molar-refractivity contribution in [2.75, 3.05) is 6.61 Å². The number of allylic oxidation sites excluding steroid dienone is 1. The minimum Gasteiger partial charge on any atom is -0.494 e. The van der Waals surface area contributed by atoms with E-state index in [4.69, 9.17) is 9.47 Å². The van der Waals surface area contributed by atoms with Gasteiger partial charge in [-0.1, -0.05) is 0 Å². The lowest BCUT2D eigenvalue weighted by molar-refractivity contribution is -0.190. The van der Waals surface area contributed by atoms with Gasteiger partial charge in [0.25, 0.3) is 0 Å². The Balaban J connectivity index is 0.000000215. The van der Waals surface area contributed by atoms with Crippen molar-refractivity contribution in [3.8, 4) is 11.5 Å². The summed E-state index contributed by atoms with van der Waals surface area (Å²) < 4.78 is 211. The lowest BCUT2D eigenvalue weighted by atomic mass is 9.94. The van der Waals surface area contributed by atoms with E-state index < -0.39 is 105 Å². The van der Waals surface area contributed by atoms with Gasteiger partial charge in [0.2, 0.25) is 0 Å². The highest BCUT2D eigenvalue weighted by molar-refractivity contribution is 5.53. The monoisotopic (exact) mass is 814 g/mol. The fourth-order valence-corrected chi connectivity index (χ4v) is 5.62. The number of rotatable bonds is 9. The van der Waals surface area contributed by atoms with Crippen LogP contribution >= 0.6 is 0 Å². The van der Waals surface area contributed by atoms with Crippen LogP contribution in [0.5, 0.6) is 11.5 Å². The zero-order valence-corrected chi connectivity index (χ0v) is 28.0. The van der Waals surface area contributed by atoms with Crippen LogP contribution in [0, 0.1) is 64.1 Å². The Bertz CT molecular complexity index is 2030. The number of carbonyl (C=O) groups excluding carboxylic acids is 1. The number of hydrogen-bond acceptors (Lipinski definition) is 5. The molecule has 4 aromatic rings. The van der Waals surface area contributed by atoms with E-state index in [9.17, 15) is 66.3 Å². The van der Waals surface area contributed by atoms with Gasteiger partial charge in [0.15, 0.2) is 34.9 Å². The van der Waals surface area contributed by atoms with Gasteiger partial charge < -0.3 is 23.7 Å². The first kappa shape index (κ1) is 41.8. The maximum atomic E-state index is 14.3. The Kier molecular flexibility index (Phi) is 12.6. The number of aldehydes is 1. The second-order valence-electron chi connectivity index (χ2n) is 12.2. The van der Waals surface area contributed by atoms with E-state index in [2.05, 4.69) is 9.47 Å². The molecule has 0 spiro atoms.